The number of likely N-dealkylation sites (tertiary alicyclic amines) is 1. The average molecular weight is 318 g/mol. The molecule has 118 valence electrons. The molecule has 1 heterocycles. The maximum Gasteiger partial charge on any atom is 0.416 e. The molecule has 2 unspecified atom stereocenters. The van der Waals surface area contributed by atoms with Crippen molar-refractivity contribution < 1.29 is 13.2 Å². The zero-order valence-corrected chi connectivity index (χ0v) is 12.9. The Balaban J connectivity index is 1.84. The van der Waals surface area contributed by atoms with Gasteiger partial charge in [0.1, 0.15) is 0 Å². The summed E-state index contributed by atoms with van der Waals surface area (Å²) in [6, 6.07) is 6.05. The second-order valence-corrected chi connectivity index (χ2v) is 6.72. The summed E-state index contributed by atoms with van der Waals surface area (Å²) in [5, 5.41) is 0. The Labute approximate surface area is 127 Å². The summed E-state index contributed by atoms with van der Waals surface area (Å²) < 4.78 is 37.9. The molecule has 0 bridgehead atoms. The van der Waals surface area contributed by atoms with E-state index in [2.05, 4.69) is 11.8 Å². The molecule has 1 aromatic rings. The number of hydrogen-bond acceptors (Lipinski definition) is 3. The number of benzene rings is 1. The van der Waals surface area contributed by atoms with Crippen LogP contribution in [0, 0.1) is 5.92 Å². The van der Waals surface area contributed by atoms with Gasteiger partial charge in [-0.1, -0.05) is 6.07 Å². The van der Waals surface area contributed by atoms with Gasteiger partial charge in [0.15, 0.2) is 0 Å². The third-order valence-electron chi connectivity index (χ3n) is 3.93. The normalized spacial score (nSPS) is 23.7. The summed E-state index contributed by atoms with van der Waals surface area (Å²) in [5.74, 6) is 1.35. The SMILES string of the molecule is CC1CC(CN)CN1CCSc1cccc(C(F)(F)F)c1. The van der Waals surface area contributed by atoms with Crippen LogP contribution in [0.3, 0.4) is 0 Å². The highest BCUT2D eigenvalue weighted by Crippen LogP contribution is 2.32. The molecule has 0 radical (unpaired) electrons. The first-order valence-electron chi connectivity index (χ1n) is 7.14. The molecule has 1 aliphatic rings. The third kappa shape index (κ3) is 4.63. The van der Waals surface area contributed by atoms with Gasteiger partial charge in [-0.15, -0.1) is 11.8 Å². The van der Waals surface area contributed by atoms with Crippen molar-refractivity contribution in [2.75, 3.05) is 25.4 Å². The third-order valence-corrected chi connectivity index (χ3v) is 4.91. The molecule has 0 amide bonds. The fraction of sp³-hybridized carbons (Fsp3) is 0.600. The van der Waals surface area contributed by atoms with Crippen LogP contribution in [-0.2, 0) is 6.18 Å². The van der Waals surface area contributed by atoms with E-state index in [1.54, 1.807) is 6.07 Å². The molecule has 1 aliphatic heterocycles. The fourth-order valence-electron chi connectivity index (χ4n) is 2.74. The van der Waals surface area contributed by atoms with Gasteiger partial charge in [-0.25, -0.2) is 0 Å². The molecule has 0 spiro atoms. The van der Waals surface area contributed by atoms with Crippen molar-refractivity contribution in [1.29, 1.82) is 0 Å². The molecule has 1 saturated heterocycles. The van der Waals surface area contributed by atoms with E-state index in [1.165, 1.54) is 23.9 Å². The van der Waals surface area contributed by atoms with Gasteiger partial charge in [-0.3, -0.25) is 4.90 Å². The zero-order valence-electron chi connectivity index (χ0n) is 12.1. The van der Waals surface area contributed by atoms with Crippen molar-refractivity contribution in [3.63, 3.8) is 0 Å². The van der Waals surface area contributed by atoms with Crippen LogP contribution in [0.1, 0.15) is 18.9 Å². The Hall–Kier alpha value is -0.720. The number of nitrogens with two attached hydrogens (primary N) is 1. The van der Waals surface area contributed by atoms with E-state index in [9.17, 15) is 13.2 Å². The minimum absolute atomic E-state index is 0.514. The second kappa shape index (κ2) is 7.03. The van der Waals surface area contributed by atoms with Gasteiger partial charge in [0.05, 0.1) is 5.56 Å². The minimum atomic E-state index is -4.27. The summed E-state index contributed by atoms with van der Waals surface area (Å²) in [5.41, 5.74) is 5.12. The molecule has 6 heteroatoms. The number of rotatable bonds is 5. The fourth-order valence-corrected chi connectivity index (χ4v) is 3.69. The van der Waals surface area contributed by atoms with Gasteiger partial charge in [-0.2, -0.15) is 13.2 Å². The lowest BCUT2D eigenvalue weighted by Crippen LogP contribution is -2.30. The van der Waals surface area contributed by atoms with E-state index in [1.807, 2.05) is 0 Å². The van der Waals surface area contributed by atoms with Crippen LogP contribution < -0.4 is 5.73 Å². The molecular formula is C15H21F3N2S. The molecule has 0 aliphatic carbocycles. The summed E-state index contributed by atoms with van der Waals surface area (Å²) in [7, 11) is 0. The molecule has 1 fully saturated rings. The maximum absolute atomic E-state index is 12.6. The minimum Gasteiger partial charge on any atom is -0.330 e. The number of nitrogens with zero attached hydrogens (tertiary/aromatic N) is 1. The van der Waals surface area contributed by atoms with Crippen molar-refractivity contribution >= 4 is 11.8 Å². The van der Waals surface area contributed by atoms with E-state index < -0.39 is 11.7 Å². The standard InChI is InChI=1S/C15H21F3N2S/c1-11-7-12(9-19)10-20(11)5-6-21-14-4-2-3-13(8-14)15(16,17)18/h2-4,8,11-12H,5-7,9-10,19H2,1H3. The number of alkyl halides is 3. The quantitative estimate of drug-likeness (QED) is 0.843. The van der Waals surface area contributed by atoms with Crippen LogP contribution in [-0.4, -0.2) is 36.3 Å². The molecule has 2 atom stereocenters. The van der Waals surface area contributed by atoms with Crippen LogP contribution in [0.4, 0.5) is 13.2 Å². The lowest BCUT2D eigenvalue weighted by molar-refractivity contribution is -0.137. The van der Waals surface area contributed by atoms with E-state index in [0.717, 1.165) is 31.3 Å². The molecule has 0 saturated carbocycles. The topological polar surface area (TPSA) is 29.3 Å². The first kappa shape index (κ1) is 16.6. The zero-order chi connectivity index (χ0) is 15.5. The number of thioether (sulfide) groups is 1. The lowest BCUT2D eigenvalue weighted by Gasteiger charge is -2.20. The predicted octanol–water partition coefficient (Wildman–Crippen LogP) is 3.47. The van der Waals surface area contributed by atoms with E-state index >= 15 is 0 Å². The summed E-state index contributed by atoms with van der Waals surface area (Å²) in [4.78, 5) is 3.05. The van der Waals surface area contributed by atoms with Crippen molar-refractivity contribution in [3.05, 3.63) is 29.8 Å². The Morgan fingerprint density at radius 1 is 1.38 bits per heavy atom. The van der Waals surface area contributed by atoms with E-state index in [4.69, 9.17) is 5.73 Å². The number of halogens is 3. The average Bonchev–Trinajstić information content (AvgIpc) is 2.79. The molecule has 21 heavy (non-hydrogen) atoms. The Morgan fingerprint density at radius 2 is 2.14 bits per heavy atom. The van der Waals surface area contributed by atoms with Gasteiger partial charge < -0.3 is 5.73 Å². The van der Waals surface area contributed by atoms with E-state index in [0.29, 0.717) is 23.4 Å². The van der Waals surface area contributed by atoms with Crippen LogP contribution >= 0.6 is 11.8 Å². The summed E-state index contributed by atoms with van der Waals surface area (Å²) in [6.45, 7) is 4.78. The van der Waals surface area contributed by atoms with Crippen LogP contribution in [0.15, 0.2) is 29.2 Å². The van der Waals surface area contributed by atoms with Crippen molar-refractivity contribution in [2.45, 2.75) is 30.5 Å². The first-order chi connectivity index (χ1) is 9.90. The molecule has 0 aromatic heterocycles. The Bertz CT molecular complexity index is 464. The molecule has 2 N–H and O–H groups in total. The second-order valence-electron chi connectivity index (χ2n) is 5.56. The smallest absolute Gasteiger partial charge is 0.330 e. The highest BCUT2D eigenvalue weighted by Gasteiger charge is 2.30. The van der Waals surface area contributed by atoms with Crippen LogP contribution in [0.5, 0.6) is 0 Å². The van der Waals surface area contributed by atoms with Gasteiger partial charge in [-0.05, 0) is 44.0 Å². The largest absolute Gasteiger partial charge is 0.416 e. The van der Waals surface area contributed by atoms with E-state index in [-0.39, 0.29) is 0 Å². The van der Waals surface area contributed by atoms with Crippen molar-refractivity contribution in [1.82, 2.24) is 4.90 Å². The van der Waals surface area contributed by atoms with Crippen molar-refractivity contribution in [3.8, 4) is 0 Å². The van der Waals surface area contributed by atoms with Gasteiger partial charge in [0, 0.05) is 29.8 Å². The van der Waals surface area contributed by atoms with Crippen molar-refractivity contribution in [2.24, 2.45) is 11.7 Å². The highest BCUT2D eigenvalue weighted by molar-refractivity contribution is 7.99. The van der Waals surface area contributed by atoms with Gasteiger partial charge >= 0.3 is 6.18 Å². The molecule has 1 aromatic carbocycles. The Kier molecular flexibility index (Phi) is 5.57. The monoisotopic (exact) mass is 318 g/mol. The first-order valence-corrected chi connectivity index (χ1v) is 8.13. The highest BCUT2D eigenvalue weighted by atomic mass is 32.2. The van der Waals surface area contributed by atoms with Crippen LogP contribution in [0.25, 0.3) is 0 Å². The van der Waals surface area contributed by atoms with Gasteiger partial charge in [0.2, 0.25) is 0 Å². The maximum atomic E-state index is 12.6. The predicted molar refractivity (Wildman–Crippen MR) is 80.4 cm³/mol. The summed E-state index contributed by atoms with van der Waals surface area (Å²) in [6.07, 6.45) is -3.15. The lowest BCUT2D eigenvalue weighted by atomic mass is 10.1. The molecule has 2 nitrogen and oxygen atoms in total. The molecular weight excluding hydrogens is 297 g/mol. The van der Waals surface area contributed by atoms with Gasteiger partial charge in [0.25, 0.3) is 0 Å². The van der Waals surface area contributed by atoms with Crippen LogP contribution in [0.2, 0.25) is 0 Å². The molecule has 2 rings (SSSR count). The number of hydrogen-bond donors (Lipinski definition) is 1. The Morgan fingerprint density at radius 3 is 2.76 bits per heavy atom. The summed E-state index contributed by atoms with van der Waals surface area (Å²) >= 11 is 1.48.